The molecule has 0 saturated heterocycles. The number of rotatable bonds is 3. The summed E-state index contributed by atoms with van der Waals surface area (Å²) >= 11 is 0. The van der Waals surface area contributed by atoms with Gasteiger partial charge >= 0.3 is 0 Å². The molecule has 0 radical (unpaired) electrons. The number of para-hydroxylation sites is 2. The topological polar surface area (TPSA) is 35.6 Å². The average molecular weight is 247 g/mol. The molecule has 1 N–H and O–H groups in total. The Kier molecular flexibility index (Phi) is 3.30. The summed E-state index contributed by atoms with van der Waals surface area (Å²) in [6.07, 6.45) is 0. The standard InChI is InChI=1S/C14H21N3O/c1-14(2,10-15-3)17-12-8-6-5-7-11(12)16(4)9-13(17)18/h5-8,15H,9-10H2,1-4H3. The summed E-state index contributed by atoms with van der Waals surface area (Å²) in [7, 11) is 3.87. The van der Waals surface area contributed by atoms with Crippen LogP contribution < -0.4 is 15.1 Å². The van der Waals surface area contributed by atoms with Crippen LogP contribution in [0.25, 0.3) is 0 Å². The first-order valence-corrected chi connectivity index (χ1v) is 6.25. The molecule has 0 unspecified atom stereocenters. The molecule has 1 aliphatic heterocycles. The fourth-order valence-electron chi connectivity index (χ4n) is 2.64. The Morgan fingerprint density at radius 3 is 2.50 bits per heavy atom. The number of carbonyl (C=O) groups excluding carboxylic acids is 1. The van der Waals surface area contributed by atoms with Gasteiger partial charge in [0.2, 0.25) is 5.91 Å². The summed E-state index contributed by atoms with van der Waals surface area (Å²) in [5.41, 5.74) is 1.88. The molecule has 0 aliphatic carbocycles. The molecule has 4 heteroatoms. The maximum Gasteiger partial charge on any atom is 0.247 e. The van der Waals surface area contributed by atoms with Gasteiger partial charge in [0.05, 0.1) is 23.5 Å². The van der Waals surface area contributed by atoms with Gasteiger partial charge in [-0.25, -0.2) is 0 Å². The number of hydrogen-bond acceptors (Lipinski definition) is 3. The van der Waals surface area contributed by atoms with Gasteiger partial charge in [-0.1, -0.05) is 12.1 Å². The van der Waals surface area contributed by atoms with Gasteiger partial charge in [-0.3, -0.25) is 4.79 Å². The summed E-state index contributed by atoms with van der Waals surface area (Å²) < 4.78 is 0. The molecule has 1 heterocycles. The minimum atomic E-state index is -0.233. The Hall–Kier alpha value is -1.55. The number of anilines is 2. The molecular weight excluding hydrogens is 226 g/mol. The van der Waals surface area contributed by atoms with Crippen molar-refractivity contribution in [2.75, 3.05) is 37.0 Å². The molecule has 0 spiro atoms. The van der Waals surface area contributed by atoms with Crippen LogP contribution in [0.2, 0.25) is 0 Å². The van der Waals surface area contributed by atoms with Crippen molar-refractivity contribution in [3.63, 3.8) is 0 Å². The molecule has 18 heavy (non-hydrogen) atoms. The first-order valence-electron chi connectivity index (χ1n) is 6.25. The number of likely N-dealkylation sites (N-methyl/N-ethyl adjacent to an activating group) is 2. The van der Waals surface area contributed by atoms with E-state index >= 15 is 0 Å². The van der Waals surface area contributed by atoms with E-state index in [1.807, 2.05) is 42.1 Å². The van der Waals surface area contributed by atoms with Crippen LogP contribution in [0.1, 0.15) is 13.8 Å². The van der Waals surface area contributed by atoms with E-state index in [4.69, 9.17) is 0 Å². The highest BCUT2D eigenvalue weighted by atomic mass is 16.2. The Morgan fingerprint density at radius 2 is 1.89 bits per heavy atom. The van der Waals surface area contributed by atoms with Crippen LogP contribution in [-0.2, 0) is 4.79 Å². The minimum absolute atomic E-state index is 0.149. The van der Waals surface area contributed by atoms with Gasteiger partial charge in [-0.2, -0.15) is 0 Å². The van der Waals surface area contributed by atoms with Crippen LogP contribution in [0.15, 0.2) is 24.3 Å². The molecular formula is C14H21N3O. The predicted octanol–water partition coefficient (Wildman–Crippen LogP) is 1.47. The second-order valence-electron chi connectivity index (χ2n) is 5.42. The van der Waals surface area contributed by atoms with E-state index in [-0.39, 0.29) is 11.4 Å². The third-order valence-corrected chi connectivity index (χ3v) is 3.37. The van der Waals surface area contributed by atoms with Crippen molar-refractivity contribution in [2.24, 2.45) is 0 Å². The summed E-state index contributed by atoms with van der Waals surface area (Å²) in [6, 6.07) is 8.06. The van der Waals surface area contributed by atoms with Gasteiger partial charge in [0, 0.05) is 13.6 Å². The van der Waals surface area contributed by atoms with E-state index in [2.05, 4.69) is 25.2 Å². The maximum atomic E-state index is 12.3. The summed E-state index contributed by atoms with van der Waals surface area (Å²) in [5.74, 6) is 0.149. The molecule has 1 aromatic rings. The predicted molar refractivity (Wildman–Crippen MR) is 75.2 cm³/mol. The molecule has 2 rings (SSSR count). The molecule has 0 atom stereocenters. The van der Waals surface area contributed by atoms with Crippen LogP contribution in [0.4, 0.5) is 11.4 Å². The van der Waals surface area contributed by atoms with Crippen molar-refractivity contribution in [1.82, 2.24) is 5.32 Å². The number of nitrogens with one attached hydrogen (secondary N) is 1. The quantitative estimate of drug-likeness (QED) is 0.878. The largest absolute Gasteiger partial charge is 0.364 e. The molecule has 0 fully saturated rings. The number of benzene rings is 1. The van der Waals surface area contributed by atoms with E-state index < -0.39 is 0 Å². The fourth-order valence-corrected chi connectivity index (χ4v) is 2.64. The van der Waals surface area contributed by atoms with Crippen LogP contribution >= 0.6 is 0 Å². The zero-order chi connectivity index (χ0) is 13.3. The SMILES string of the molecule is CNCC(C)(C)N1C(=O)CN(C)c2ccccc21. The van der Waals surface area contributed by atoms with Gasteiger partial charge < -0.3 is 15.1 Å². The van der Waals surface area contributed by atoms with Crippen molar-refractivity contribution in [2.45, 2.75) is 19.4 Å². The van der Waals surface area contributed by atoms with Gasteiger partial charge in [-0.05, 0) is 33.0 Å². The average Bonchev–Trinajstić information content (AvgIpc) is 2.28. The first kappa shape index (κ1) is 12.9. The normalized spacial score (nSPS) is 15.9. The van der Waals surface area contributed by atoms with Crippen molar-refractivity contribution in [3.8, 4) is 0 Å². The molecule has 0 saturated carbocycles. The number of nitrogens with zero attached hydrogens (tertiary/aromatic N) is 2. The fraction of sp³-hybridized carbons (Fsp3) is 0.500. The van der Waals surface area contributed by atoms with Crippen molar-refractivity contribution in [3.05, 3.63) is 24.3 Å². The van der Waals surface area contributed by atoms with Crippen LogP contribution in [0, 0.1) is 0 Å². The highest BCUT2D eigenvalue weighted by Gasteiger charge is 2.36. The van der Waals surface area contributed by atoms with Crippen LogP contribution in [0.5, 0.6) is 0 Å². The third-order valence-electron chi connectivity index (χ3n) is 3.37. The highest BCUT2D eigenvalue weighted by molar-refractivity contribution is 6.04. The highest BCUT2D eigenvalue weighted by Crippen LogP contribution is 2.36. The monoisotopic (exact) mass is 247 g/mol. The van der Waals surface area contributed by atoms with Crippen molar-refractivity contribution >= 4 is 17.3 Å². The molecule has 0 bridgehead atoms. The molecule has 1 amide bonds. The van der Waals surface area contributed by atoms with Crippen molar-refractivity contribution < 1.29 is 4.79 Å². The lowest BCUT2D eigenvalue weighted by Crippen LogP contribution is -2.57. The van der Waals surface area contributed by atoms with E-state index in [1.165, 1.54) is 0 Å². The second-order valence-corrected chi connectivity index (χ2v) is 5.42. The van der Waals surface area contributed by atoms with Crippen LogP contribution in [0.3, 0.4) is 0 Å². The lowest BCUT2D eigenvalue weighted by atomic mass is 9.99. The van der Waals surface area contributed by atoms with Gasteiger partial charge in [0.15, 0.2) is 0 Å². The number of hydrogen-bond donors (Lipinski definition) is 1. The van der Waals surface area contributed by atoms with E-state index in [0.29, 0.717) is 6.54 Å². The zero-order valence-electron chi connectivity index (χ0n) is 11.5. The van der Waals surface area contributed by atoms with Gasteiger partial charge in [0.1, 0.15) is 0 Å². The molecule has 0 aromatic heterocycles. The van der Waals surface area contributed by atoms with Gasteiger partial charge in [0.25, 0.3) is 0 Å². The van der Waals surface area contributed by atoms with Crippen LogP contribution in [-0.4, -0.2) is 38.6 Å². The Bertz CT molecular complexity index is 456. The summed E-state index contributed by atoms with van der Waals surface area (Å²) in [5, 5.41) is 3.16. The Balaban J connectivity index is 2.48. The van der Waals surface area contributed by atoms with E-state index in [9.17, 15) is 4.79 Å². The van der Waals surface area contributed by atoms with Gasteiger partial charge in [-0.15, -0.1) is 0 Å². The summed E-state index contributed by atoms with van der Waals surface area (Å²) in [6.45, 7) is 5.37. The Labute approximate surface area is 109 Å². The molecule has 1 aromatic carbocycles. The Morgan fingerprint density at radius 1 is 1.28 bits per heavy atom. The first-order chi connectivity index (χ1) is 8.47. The number of amides is 1. The van der Waals surface area contributed by atoms with E-state index in [0.717, 1.165) is 17.9 Å². The summed E-state index contributed by atoms with van der Waals surface area (Å²) in [4.78, 5) is 16.3. The maximum absolute atomic E-state index is 12.3. The lowest BCUT2D eigenvalue weighted by molar-refractivity contribution is -0.118. The lowest BCUT2D eigenvalue weighted by Gasteiger charge is -2.44. The molecule has 98 valence electrons. The minimum Gasteiger partial charge on any atom is -0.364 e. The van der Waals surface area contributed by atoms with E-state index in [1.54, 1.807) is 0 Å². The number of fused-ring (bicyclic) bond motifs is 1. The molecule has 4 nitrogen and oxygen atoms in total. The smallest absolute Gasteiger partial charge is 0.247 e. The van der Waals surface area contributed by atoms with Crippen molar-refractivity contribution in [1.29, 1.82) is 0 Å². The second kappa shape index (κ2) is 4.61. The zero-order valence-corrected chi connectivity index (χ0v) is 11.5. The third kappa shape index (κ3) is 2.08. The molecule has 1 aliphatic rings. The number of carbonyl (C=O) groups is 1.